The molecule has 1 aromatic heterocycles. The van der Waals surface area contributed by atoms with Gasteiger partial charge in [-0.1, -0.05) is 0 Å². The summed E-state index contributed by atoms with van der Waals surface area (Å²) >= 11 is 0. The number of likely N-dealkylation sites (N-methyl/N-ethyl adjacent to an activating group) is 1. The van der Waals surface area contributed by atoms with Gasteiger partial charge in [0, 0.05) is 29.2 Å². The van der Waals surface area contributed by atoms with E-state index >= 15 is 0 Å². The van der Waals surface area contributed by atoms with Crippen LogP contribution in [0.15, 0.2) is 24.4 Å². The average molecular weight is 259 g/mol. The van der Waals surface area contributed by atoms with Crippen LogP contribution >= 0.6 is 0 Å². The van der Waals surface area contributed by atoms with Crippen molar-refractivity contribution in [1.29, 1.82) is 5.26 Å². The van der Waals surface area contributed by atoms with Gasteiger partial charge in [-0.3, -0.25) is 4.90 Å². The molecule has 1 unspecified atom stereocenters. The van der Waals surface area contributed by atoms with Crippen molar-refractivity contribution in [3.8, 4) is 11.8 Å². The van der Waals surface area contributed by atoms with Gasteiger partial charge in [0.25, 0.3) is 0 Å². The standard InChI is InChI=1S/C14H17N3O2/c1-17(5-6-18)14(8-15)12-9-16-13-4-3-10(19-2)7-11(12)13/h3-4,7,9,14,16,18H,5-6H2,1-2H3. The second-order valence-electron chi connectivity index (χ2n) is 4.39. The van der Waals surface area contributed by atoms with Crippen LogP contribution in [-0.4, -0.2) is 42.3 Å². The minimum atomic E-state index is -0.395. The van der Waals surface area contributed by atoms with Crippen molar-refractivity contribution in [1.82, 2.24) is 9.88 Å². The van der Waals surface area contributed by atoms with Gasteiger partial charge in [0.05, 0.1) is 19.8 Å². The van der Waals surface area contributed by atoms with Gasteiger partial charge in [0.1, 0.15) is 11.8 Å². The quantitative estimate of drug-likeness (QED) is 0.856. The van der Waals surface area contributed by atoms with E-state index in [2.05, 4.69) is 11.1 Å². The summed E-state index contributed by atoms with van der Waals surface area (Å²) in [7, 11) is 3.44. The number of nitriles is 1. The number of fused-ring (bicyclic) bond motifs is 1. The fourth-order valence-electron chi connectivity index (χ4n) is 2.17. The van der Waals surface area contributed by atoms with Crippen molar-refractivity contribution in [3.05, 3.63) is 30.0 Å². The smallest absolute Gasteiger partial charge is 0.125 e. The lowest BCUT2D eigenvalue weighted by Gasteiger charge is -2.21. The lowest BCUT2D eigenvalue weighted by molar-refractivity contribution is 0.203. The van der Waals surface area contributed by atoms with Crippen molar-refractivity contribution in [2.75, 3.05) is 27.3 Å². The number of hydrogen-bond acceptors (Lipinski definition) is 4. The molecule has 1 heterocycles. The van der Waals surface area contributed by atoms with E-state index < -0.39 is 6.04 Å². The zero-order valence-corrected chi connectivity index (χ0v) is 11.1. The molecule has 0 bridgehead atoms. The molecule has 100 valence electrons. The lowest BCUT2D eigenvalue weighted by atomic mass is 10.1. The number of aromatic amines is 1. The lowest BCUT2D eigenvalue weighted by Crippen LogP contribution is -2.26. The van der Waals surface area contributed by atoms with Crippen LogP contribution in [0.3, 0.4) is 0 Å². The van der Waals surface area contributed by atoms with Crippen LogP contribution < -0.4 is 4.74 Å². The van der Waals surface area contributed by atoms with Gasteiger partial charge in [0.2, 0.25) is 0 Å². The zero-order chi connectivity index (χ0) is 13.8. The van der Waals surface area contributed by atoms with E-state index in [9.17, 15) is 5.26 Å². The van der Waals surface area contributed by atoms with Gasteiger partial charge in [0.15, 0.2) is 0 Å². The molecule has 2 rings (SSSR count). The molecule has 0 aliphatic heterocycles. The molecular formula is C14H17N3O2. The maximum atomic E-state index is 9.36. The SMILES string of the molecule is COc1ccc2[nH]cc(C(C#N)N(C)CCO)c2c1. The van der Waals surface area contributed by atoms with Gasteiger partial charge in [-0.2, -0.15) is 5.26 Å². The summed E-state index contributed by atoms with van der Waals surface area (Å²) in [6, 6.07) is 7.60. The Bertz CT molecular complexity index is 600. The highest BCUT2D eigenvalue weighted by Gasteiger charge is 2.19. The van der Waals surface area contributed by atoms with Crippen LogP contribution in [0.25, 0.3) is 10.9 Å². The number of H-pyrrole nitrogens is 1. The Kier molecular flexibility index (Phi) is 4.05. The van der Waals surface area contributed by atoms with E-state index in [1.165, 1.54) is 0 Å². The molecule has 0 amide bonds. The Morgan fingerprint density at radius 1 is 1.53 bits per heavy atom. The molecule has 0 fully saturated rings. The first-order valence-electron chi connectivity index (χ1n) is 6.07. The molecular weight excluding hydrogens is 242 g/mol. The minimum absolute atomic E-state index is 0.0281. The molecule has 0 aliphatic rings. The number of rotatable bonds is 5. The molecule has 5 nitrogen and oxygen atoms in total. The summed E-state index contributed by atoms with van der Waals surface area (Å²) in [5.74, 6) is 0.759. The van der Waals surface area contributed by atoms with Crippen molar-refractivity contribution >= 4 is 10.9 Å². The Labute approximate surface area is 112 Å². The van der Waals surface area contributed by atoms with Gasteiger partial charge in [-0.05, 0) is 25.2 Å². The molecule has 0 saturated heterocycles. The number of aromatic nitrogens is 1. The Hall–Kier alpha value is -2.03. The van der Waals surface area contributed by atoms with Crippen LogP contribution in [-0.2, 0) is 0 Å². The van der Waals surface area contributed by atoms with Crippen molar-refractivity contribution in [2.45, 2.75) is 6.04 Å². The second kappa shape index (κ2) is 5.74. The van der Waals surface area contributed by atoms with E-state index in [-0.39, 0.29) is 6.61 Å². The third-order valence-corrected chi connectivity index (χ3v) is 3.23. The summed E-state index contributed by atoms with van der Waals surface area (Å²) < 4.78 is 5.22. The van der Waals surface area contributed by atoms with E-state index in [4.69, 9.17) is 9.84 Å². The Balaban J connectivity index is 2.45. The van der Waals surface area contributed by atoms with Crippen molar-refractivity contribution in [3.63, 3.8) is 0 Å². The van der Waals surface area contributed by atoms with Gasteiger partial charge >= 0.3 is 0 Å². The van der Waals surface area contributed by atoms with Crippen molar-refractivity contribution in [2.24, 2.45) is 0 Å². The van der Waals surface area contributed by atoms with E-state index in [0.717, 1.165) is 22.2 Å². The van der Waals surface area contributed by atoms with E-state index in [1.807, 2.05) is 36.3 Å². The molecule has 0 spiro atoms. The molecule has 2 aromatic rings. The molecule has 2 N–H and O–H groups in total. The number of aliphatic hydroxyl groups excluding tert-OH is 1. The van der Waals surface area contributed by atoms with Crippen LogP contribution in [0.5, 0.6) is 5.75 Å². The predicted octanol–water partition coefficient (Wildman–Crippen LogP) is 1.67. The molecule has 0 saturated carbocycles. The average Bonchev–Trinajstić information content (AvgIpc) is 2.83. The van der Waals surface area contributed by atoms with Crippen LogP contribution in [0.2, 0.25) is 0 Å². The monoisotopic (exact) mass is 259 g/mol. The van der Waals surface area contributed by atoms with Gasteiger partial charge < -0.3 is 14.8 Å². The summed E-state index contributed by atoms with van der Waals surface area (Å²) in [5, 5.41) is 19.3. The predicted molar refractivity (Wildman–Crippen MR) is 72.9 cm³/mol. The summed E-state index contributed by atoms with van der Waals surface area (Å²) in [6.07, 6.45) is 1.84. The number of benzene rings is 1. The highest BCUT2D eigenvalue weighted by molar-refractivity contribution is 5.85. The van der Waals surface area contributed by atoms with Gasteiger partial charge in [-0.15, -0.1) is 0 Å². The number of ether oxygens (including phenoxy) is 1. The third kappa shape index (κ3) is 2.55. The molecule has 5 heteroatoms. The molecule has 0 aliphatic carbocycles. The van der Waals surface area contributed by atoms with Crippen LogP contribution in [0.4, 0.5) is 0 Å². The number of methoxy groups -OCH3 is 1. The number of nitrogens with zero attached hydrogens (tertiary/aromatic N) is 2. The molecule has 1 aromatic carbocycles. The minimum Gasteiger partial charge on any atom is -0.497 e. The highest BCUT2D eigenvalue weighted by atomic mass is 16.5. The zero-order valence-electron chi connectivity index (χ0n) is 11.1. The maximum Gasteiger partial charge on any atom is 0.125 e. The number of hydrogen-bond donors (Lipinski definition) is 2. The first kappa shape index (κ1) is 13.4. The summed E-state index contributed by atoms with van der Waals surface area (Å²) in [6.45, 7) is 0.481. The van der Waals surface area contributed by atoms with Gasteiger partial charge in [-0.25, -0.2) is 0 Å². The highest BCUT2D eigenvalue weighted by Crippen LogP contribution is 2.29. The molecule has 1 atom stereocenters. The number of aliphatic hydroxyl groups is 1. The van der Waals surface area contributed by atoms with E-state index in [1.54, 1.807) is 7.11 Å². The topological polar surface area (TPSA) is 72.3 Å². The Morgan fingerprint density at radius 3 is 2.95 bits per heavy atom. The fourth-order valence-corrected chi connectivity index (χ4v) is 2.17. The summed E-state index contributed by atoms with van der Waals surface area (Å²) in [4.78, 5) is 4.98. The summed E-state index contributed by atoms with van der Waals surface area (Å²) in [5.41, 5.74) is 1.86. The van der Waals surface area contributed by atoms with Crippen LogP contribution in [0.1, 0.15) is 11.6 Å². The Morgan fingerprint density at radius 2 is 2.32 bits per heavy atom. The fraction of sp³-hybridized carbons (Fsp3) is 0.357. The first-order chi connectivity index (χ1) is 9.21. The molecule has 19 heavy (non-hydrogen) atoms. The number of nitrogens with one attached hydrogen (secondary N) is 1. The second-order valence-corrected chi connectivity index (χ2v) is 4.39. The maximum absolute atomic E-state index is 9.36. The third-order valence-electron chi connectivity index (χ3n) is 3.23. The normalized spacial score (nSPS) is 12.6. The first-order valence-corrected chi connectivity index (χ1v) is 6.07. The van der Waals surface area contributed by atoms with E-state index in [0.29, 0.717) is 6.54 Å². The largest absolute Gasteiger partial charge is 0.497 e. The van der Waals surface area contributed by atoms with Crippen molar-refractivity contribution < 1.29 is 9.84 Å². The molecule has 0 radical (unpaired) electrons. The van der Waals surface area contributed by atoms with Crippen LogP contribution in [0, 0.1) is 11.3 Å².